The zero-order valence-corrected chi connectivity index (χ0v) is 14.6. The van der Waals surface area contributed by atoms with E-state index in [9.17, 15) is 4.79 Å². The average Bonchev–Trinajstić information content (AvgIpc) is 3.31. The molecule has 1 aliphatic rings. The Hall–Kier alpha value is -2.66. The largest absolute Gasteiger partial charge is 0.337 e. The molecule has 5 heteroatoms. The lowest BCUT2D eigenvalue weighted by atomic mass is 10.0. The topological polar surface area (TPSA) is 41.0 Å². The lowest BCUT2D eigenvalue weighted by Crippen LogP contribution is -2.30. The van der Waals surface area contributed by atoms with Crippen LogP contribution in [0.1, 0.15) is 34.8 Å². The minimum atomic E-state index is 0.0931. The van der Waals surface area contributed by atoms with Crippen LogP contribution in [0, 0.1) is 4.77 Å². The molecule has 1 saturated heterocycles. The van der Waals surface area contributed by atoms with E-state index in [0.29, 0.717) is 10.3 Å². The van der Waals surface area contributed by atoms with Crippen molar-refractivity contribution >= 4 is 18.1 Å². The van der Waals surface area contributed by atoms with Crippen molar-refractivity contribution in [1.82, 2.24) is 14.5 Å². The van der Waals surface area contributed by atoms with E-state index >= 15 is 0 Å². The second-order valence-electron chi connectivity index (χ2n) is 6.25. The molecule has 3 aromatic rings. The highest BCUT2D eigenvalue weighted by atomic mass is 32.1. The van der Waals surface area contributed by atoms with Gasteiger partial charge in [0.1, 0.15) is 0 Å². The zero-order chi connectivity index (χ0) is 17.2. The number of imidazole rings is 1. The highest BCUT2D eigenvalue weighted by molar-refractivity contribution is 7.71. The summed E-state index contributed by atoms with van der Waals surface area (Å²) in [6, 6.07) is 18.1. The predicted molar refractivity (Wildman–Crippen MR) is 100 cm³/mol. The SMILES string of the molecule is O=C(c1ccc(-n2cc[nH]c2=S)cc1)N1CCC[C@H]1c1ccccc1. The molecule has 1 aromatic heterocycles. The van der Waals surface area contributed by atoms with Gasteiger partial charge in [0, 0.05) is 30.2 Å². The Kier molecular flexibility index (Phi) is 4.24. The maximum Gasteiger partial charge on any atom is 0.254 e. The first-order chi connectivity index (χ1) is 12.2. The van der Waals surface area contributed by atoms with Crippen LogP contribution >= 0.6 is 12.2 Å². The molecule has 0 spiro atoms. The van der Waals surface area contributed by atoms with E-state index in [0.717, 1.165) is 25.1 Å². The van der Waals surface area contributed by atoms with E-state index in [1.807, 2.05) is 58.1 Å². The molecule has 126 valence electrons. The second kappa shape index (κ2) is 6.69. The maximum atomic E-state index is 13.0. The highest BCUT2D eigenvalue weighted by Crippen LogP contribution is 2.33. The van der Waals surface area contributed by atoms with E-state index in [4.69, 9.17) is 12.2 Å². The Morgan fingerprint density at radius 1 is 1.08 bits per heavy atom. The number of nitrogens with zero attached hydrogens (tertiary/aromatic N) is 2. The van der Waals surface area contributed by atoms with Crippen LogP contribution in [0.25, 0.3) is 5.69 Å². The Morgan fingerprint density at radius 2 is 1.84 bits per heavy atom. The summed E-state index contributed by atoms with van der Waals surface area (Å²) in [7, 11) is 0. The molecule has 1 fully saturated rings. The van der Waals surface area contributed by atoms with Gasteiger partial charge in [-0.1, -0.05) is 30.3 Å². The van der Waals surface area contributed by atoms with Crippen molar-refractivity contribution < 1.29 is 4.79 Å². The molecule has 0 unspecified atom stereocenters. The van der Waals surface area contributed by atoms with Crippen molar-refractivity contribution in [2.24, 2.45) is 0 Å². The highest BCUT2D eigenvalue weighted by Gasteiger charge is 2.30. The molecule has 0 radical (unpaired) electrons. The van der Waals surface area contributed by atoms with Gasteiger partial charge in [0.15, 0.2) is 4.77 Å². The molecule has 1 N–H and O–H groups in total. The summed E-state index contributed by atoms with van der Waals surface area (Å²) in [6.07, 6.45) is 5.75. The molecule has 4 nitrogen and oxygen atoms in total. The standard InChI is InChI=1S/C20H19N3OS/c24-19(23-13-4-7-18(23)15-5-2-1-3-6-15)16-8-10-17(11-9-16)22-14-12-21-20(22)25/h1-3,5-6,8-12,14,18H,4,7,13H2,(H,21,25)/t18-/m0/s1. The van der Waals surface area contributed by atoms with Gasteiger partial charge in [-0.15, -0.1) is 0 Å². The fraction of sp³-hybridized carbons (Fsp3) is 0.200. The Bertz CT molecular complexity index is 927. The van der Waals surface area contributed by atoms with Crippen LogP contribution in [-0.4, -0.2) is 26.9 Å². The molecule has 2 heterocycles. The third kappa shape index (κ3) is 3.03. The first kappa shape index (κ1) is 15.8. The number of amides is 1. The lowest BCUT2D eigenvalue weighted by molar-refractivity contribution is 0.0735. The van der Waals surface area contributed by atoms with Crippen LogP contribution < -0.4 is 0 Å². The molecule has 1 amide bonds. The van der Waals surface area contributed by atoms with Crippen molar-refractivity contribution in [3.63, 3.8) is 0 Å². The number of benzene rings is 2. The number of aromatic nitrogens is 2. The Labute approximate surface area is 151 Å². The van der Waals surface area contributed by atoms with Crippen LogP contribution in [-0.2, 0) is 0 Å². The number of H-pyrrole nitrogens is 1. The van der Waals surface area contributed by atoms with Crippen molar-refractivity contribution in [3.05, 3.63) is 82.9 Å². The summed E-state index contributed by atoms with van der Waals surface area (Å²) in [4.78, 5) is 18.0. The van der Waals surface area contributed by atoms with Crippen molar-refractivity contribution in [2.45, 2.75) is 18.9 Å². The van der Waals surface area contributed by atoms with Crippen LogP contribution in [0.4, 0.5) is 0 Å². The molecular weight excluding hydrogens is 330 g/mol. The number of nitrogens with one attached hydrogen (secondary N) is 1. The molecular formula is C20H19N3OS. The quantitative estimate of drug-likeness (QED) is 0.707. The third-order valence-corrected chi connectivity index (χ3v) is 5.05. The van der Waals surface area contributed by atoms with Gasteiger partial charge in [-0.2, -0.15) is 0 Å². The Balaban J connectivity index is 1.58. The summed E-state index contributed by atoms with van der Waals surface area (Å²) in [6.45, 7) is 0.809. The summed E-state index contributed by atoms with van der Waals surface area (Å²) in [5, 5.41) is 0. The molecule has 0 aliphatic carbocycles. The minimum Gasteiger partial charge on any atom is -0.337 e. The van der Waals surface area contributed by atoms with Gasteiger partial charge >= 0.3 is 0 Å². The summed E-state index contributed by atoms with van der Waals surface area (Å²) in [5.41, 5.74) is 2.88. The second-order valence-corrected chi connectivity index (χ2v) is 6.64. The molecule has 25 heavy (non-hydrogen) atoms. The number of carbonyl (C=O) groups excluding carboxylic acids is 1. The number of hydrogen-bond acceptors (Lipinski definition) is 2. The van der Waals surface area contributed by atoms with Gasteiger partial charge in [-0.3, -0.25) is 9.36 Å². The summed E-state index contributed by atoms with van der Waals surface area (Å²) < 4.78 is 2.52. The van der Waals surface area contributed by atoms with Gasteiger partial charge in [0.2, 0.25) is 0 Å². The van der Waals surface area contributed by atoms with Gasteiger partial charge in [0.05, 0.1) is 6.04 Å². The van der Waals surface area contributed by atoms with Gasteiger partial charge in [-0.05, 0) is 54.9 Å². The van der Waals surface area contributed by atoms with Crippen LogP contribution in [0.3, 0.4) is 0 Å². The number of rotatable bonds is 3. The van der Waals surface area contributed by atoms with E-state index in [1.54, 1.807) is 6.20 Å². The molecule has 2 aromatic carbocycles. The molecule has 0 saturated carbocycles. The van der Waals surface area contributed by atoms with Crippen molar-refractivity contribution in [2.75, 3.05) is 6.54 Å². The number of likely N-dealkylation sites (tertiary alicyclic amines) is 1. The van der Waals surface area contributed by atoms with Crippen LogP contribution in [0.5, 0.6) is 0 Å². The van der Waals surface area contributed by atoms with Crippen molar-refractivity contribution in [3.8, 4) is 5.69 Å². The summed E-state index contributed by atoms with van der Waals surface area (Å²) in [5.74, 6) is 0.0931. The third-order valence-electron chi connectivity index (χ3n) is 4.74. The molecule has 4 rings (SSSR count). The van der Waals surface area contributed by atoms with Crippen molar-refractivity contribution in [1.29, 1.82) is 0 Å². The van der Waals surface area contributed by atoms with E-state index < -0.39 is 0 Å². The van der Waals surface area contributed by atoms with Gasteiger partial charge in [-0.25, -0.2) is 0 Å². The fourth-order valence-electron chi connectivity index (χ4n) is 3.49. The molecule has 1 atom stereocenters. The number of hydrogen-bond donors (Lipinski definition) is 1. The average molecular weight is 349 g/mol. The predicted octanol–water partition coefficient (Wildman–Crippen LogP) is 4.51. The van der Waals surface area contributed by atoms with Crippen LogP contribution in [0.2, 0.25) is 0 Å². The number of aromatic amines is 1. The fourth-order valence-corrected chi connectivity index (χ4v) is 3.72. The van der Waals surface area contributed by atoms with E-state index in [1.165, 1.54) is 5.56 Å². The monoisotopic (exact) mass is 349 g/mol. The zero-order valence-electron chi connectivity index (χ0n) is 13.8. The Morgan fingerprint density at radius 3 is 2.52 bits per heavy atom. The number of carbonyl (C=O) groups is 1. The smallest absolute Gasteiger partial charge is 0.254 e. The van der Waals surface area contributed by atoms with Crippen LogP contribution in [0.15, 0.2) is 67.0 Å². The maximum absolute atomic E-state index is 13.0. The minimum absolute atomic E-state index is 0.0931. The molecule has 1 aliphatic heterocycles. The normalized spacial score (nSPS) is 17.0. The first-order valence-corrected chi connectivity index (χ1v) is 8.87. The van der Waals surface area contributed by atoms with E-state index in [-0.39, 0.29) is 11.9 Å². The van der Waals surface area contributed by atoms with Gasteiger partial charge < -0.3 is 9.88 Å². The van der Waals surface area contributed by atoms with E-state index in [2.05, 4.69) is 17.1 Å². The molecule has 0 bridgehead atoms. The first-order valence-electron chi connectivity index (χ1n) is 8.46. The summed E-state index contributed by atoms with van der Waals surface area (Å²) >= 11 is 5.24. The van der Waals surface area contributed by atoms with Gasteiger partial charge in [0.25, 0.3) is 5.91 Å². The lowest BCUT2D eigenvalue weighted by Gasteiger charge is -2.25.